The molecule has 0 fully saturated rings. The Balaban J connectivity index is 2.34. The van der Waals surface area contributed by atoms with Gasteiger partial charge in [0.25, 0.3) is 0 Å². The van der Waals surface area contributed by atoms with Crippen LogP contribution in [0.5, 0.6) is 0 Å². The molecule has 7 heteroatoms. The summed E-state index contributed by atoms with van der Waals surface area (Å²) in [6, 6.07) is 3.54. The molecule has 0 saturated carbocycles. The van der Waals surface area contributed by atoms with Gasteiger partial charge in [0.15, 0.2) is 0 Å². The van der Waals surface area contributed by atoms with Crippen LogP contribution in [0.1, 0.15) is 12.0 Å². The van der Waals surface area contributed by atoms with E-state index in [4.69, 9.17) is 9.47 Å². The van der Waals surface area contributed by atoms with Crippen LogP contribution >= 0.6 is 15.9 Å². The Morgan fingerprint density at radius 1 is 1.20 bits per heavy atom. The molecule has 3 nitrogen and oxygen atoms in total. The average Bonchev–Trinajstić information content (AvgIpc) is 2.38. The minimum atomic E-state index is -4.32. The van der Waals surface area contributed by atoms with E-state index in [1.165, 1.54) is 6.07 Å². The number of benzene rings is 1. The number of rotatable bonds is 8. The molecule has 0 radical (unpaired) electrons. The summed E-state index contributed by atoms with van der Waals surface area (Å²) in [5, 5.41) is 3.06. The van der Waals surface area contributed by atoms with E-state index in [9.17, 15) is 13.2 Å². The number of ether oxygens (including phenoxy) is 2. The minimum Gasteiger partial charge on any atom is -0.384 e. The van der Waals surface area contributed by atoms with Crippen molar-refractivity contribution in [3.05, 3.63) is 28.2 Å². The number of anilines is 1. The summed E-state index contributed by atoms with van der Waals surface area (Å²) in [4.78, 5) is 0. The van der Waals surface area contributed by atoms with Crippen molar-refractivity contribution in [1.29, 1.82) is 0 Å². The molecular formula is C13H17BrF3NO2. The molecule has 0 aliphatic rings. The molecule has 0 amide bonds. The summed E-state index contributed by atoms with van der Waals surface area (Å²) in [7, 11) is 1.60. The zero-order chi connectivity index (χ0) is 15.0. The largest absolute Gasteiger partial charge is 0.416 e. The van der Waals surface area contributed by atoms with Crippen LogP contribution in [0.25, 0.3) is 0 Å². The van der Waals surface area contributed by atoms with Gasteiger partial charge in [0.2, 0.25) is 0 Å². The van der Waals surface area contributed by atoms with Gasteiger partial charge in [-0.3, -0.25) is 0 Å². The van der Waals surface area contributed by atoms with Gasteiger partial charge in [-0.25, -0.2) is 0 Å². The van der Waals surface area contributed by atoms with Gasteiger partial charge in [-0.05, 0) is 40.5 Å². The number of methoxy groups -OCH3 is 1. The number of hydrogen-bond donors (Lipinski definition) is 1. The molecule has 1 aromatic carbocycles. The number of halogens is 4. The third-order valence-corrected chi connectivity index (χ3v) is 3.17. The zero-order valence-corrected chi connectivity index (χ0v) is 12.7. The lowest BCUT2D eigenvalue weighted by molar-refractivity contribution is -0.137. The fourth-order valence-corrected chi connectivity index (χ4v) is 2.00. The second-order valence-corrected chi connectivity index (χ2v) is 4.93. The fraction of sp³-hybridized carbons (Fsp3) is 0.538. The highest BCUT2D eigenvalue weighted by Crippen LogP contribution is 2.33. The first kappa shape index (κ1) is 17.3. The van der Waals surface area contributed by atoms with E-state index >= 15 is 0 Å². The van der Waals surface area contributed by atoms with Crippen LogP contribution in [0, 0.1) is 0 Å². The maximum absolute atomic E-state index is 12.5. The van der Waals surface area contributed by atoms with Crippen LogP contribution in [0.2, 0.25) is 0 Å². The van der Waals surface area contributed by atoms with E-state index in [0.717, 1.165) is 18.6 Å². The molecule has 0 unspecified atom stereocenters. The Kier molecular flexibility index (Phi) is 7.32. The topological polar surface area (TPSA) is 30.5 Å². The van der Waals surface area contributed by atoms with E-state index in [1.807, 2.05) is 0 Å². The summed E-state index contributed by atoms with van der Waals surface area (Å²) < 4.78 is 48.0. The van der Waals surface area contributed by atoms with Crippen molar-refractivity contribution in [2.45, 2.75) is 12.6 Å². The average molecular weight is 356 g/mol. The Morgan fingerprint density at radius 2 is 1.95 bits per heavy atom. The zero-order valence-electron chi connectivity index (χ0n) is 11.1. The van der Waals surface area contributed by atoms with Crippen molar-refractivity contribution in [2.75, 3.05) is 38.8 Å². The molecule has 0 aliphatic carbocycles. The second-order valence-electron chi connectivity index (χ2n) is 4.08. The lowest BCUT2D eigenvalue weighted by Crippen LogP contribution is -2.09. The number of alkyl halides is 3. The van der Waals surface area contributed by atoms with Gasteiger partial charge in [-0.1, -0.05) is 0 Å². The third-order valence-electron chi connectivity index (χ3n) is 2.51. The van der Waals surface area contributed by atoms with Crippen LogP contribution in [-0.4, -0.2) is 33.5 Å². The summed E-state index contributed by atoms with van der Waals surface area (Å²) >= 11 is 3.13. The summed E-state index contributed by atoms with van der Waals surface area (Å²) in [5.41, 5.74) is -0.0345. The number of hydrogen-bond acceptors (Lipinski definition) is 3. The highest BCUT2D eigenvalue weighted by Gasteiger charge is 2.30. The molecule has 0 aromatic heterocycles. The lowest BCUT2D eigenvalue weighted by Gasteiger charge is -2.12. The lowest BCUT2D eigenvalue weighted by atomic mass is 10.2. The van der Waals surface area contributed by atoms with E-state index in [2.05, 4.69) is 21.2 Å². The molecular weight excluding hydrogens is 339 g/mol. The highest BCUT2D eigenvalue weighted by atomic mass is 79.9. The summed E-state index contributed by atoms with van der Waals surface area (Å²) in [6.07, 6.45) is -3.56. The highest BCUT2D eigenvalue weighted by molar-refractivity contribution is 9.10. The van der Waals surface area contributed by atoms with Gasteiger partial charge in [0.1, 0.15) is 0 Å². The molecule has 1 N–H and O–H groups in total. The maximum Gasteiger partial charge on any atom is 0.416 e. The van der Waals surface area contributed by atoms with Gasteiger partial charge in [-0.15, -0.1) is 0 Å². The van der Waals surface area contributed by atoms with E-state index in [1.54, 1.807) is 7.11 Å². The van der Waals surface area contributed by atoms with Crippen LogP contribution in [-0.2, 0) is 15.7 Å². The van der Waals surface area contributed by atoms with Crippen molar-refractivity contribution >= 4 is 21.6 Å². The first-order valence-corrected chi connectivity index (χ1v) is 6.91. The molecule has 114 valence electrons. The standard InChI is InChI=1S/C13H17BrF3NO2/c1-19-7-8-20-6-2-5-18-12-4-3-10(9-11(12)14)13(15,16)17/h3-4,9,18H,2,5-8H2,1H3. The van der Waals surface area contributed by atoms with Gasteiger partial charge in [-0.2, -0.15) is 13.2 Å². The van der Waals surface area contributed by atoms with Gasteiger partial charge in [0.05, 0.1) is 18.8 Å². The van der Waals surface area contributed by atoms with Crippen LogP contribution in [0.15, 0.2) is 22.7 Å². The molecule has 0 saturated heterocycles. The monoisotopic (exact) mass is 355 g/mol. The summed E-state index contributed by atoms with van der Waals surface area (Å²) in [5.74, 6) is 0. The van der Waals surface area contributed by atoms with Crippen LogP contribution in [0.3, 0.4) is 0 Å². The molecule has 0 aliphatic heterocycles. The Labute approximate surface area is 124 Å². The minimum absolute atomic E-state index is 0.396. The summed E-state index contributed by atoms with van der Waals surface area (Å²) in [6.45, 7) is 2.30. The Morgan fingerprint density at radius 3 is 2.55 bits per heavy atom. The number of nitrogens with one attached hydrogen (secondary N) is 1. The second kappa shape index (κ2) is 8.49. The van der Waals surface area contributed by atoms with Crippen LogP contribution in [0.4, 0.5) is 18.9 Å². The molecule has 0 spiro atoms. The van der Waals surface area contributed by atoms with Gasteiger partial charge >= 0.3 is 6.18 Å². The molecule has 0 heterocycles. The van der Waals surface area contributed by atoms with Crippen LogP contribution < -0.4 is 5.32 Å². The van der Waals surface area contributed by atoms with Crippen molar-refractivity contribution < 1.29 is 22.6 Å². The fourth-order valence-electron chi connectivity index (χ4n) is 1.48. The predicted molar refractivity (Wildman–Crippen MR) is 74.9 cm³/mol. The van der Waals surface area contributed by atoms with Crippen molar-refractivity contribution in [2.24, 2.45) is 0 Å². The Hall–Kier alpha value is -0.790. The predicted octanol–water partition coefficient (Wildman–Crippen LogP) is 3.93. The quantitative estimate of drug-likeness (QED) is 0.716. The Bertz CT molecular complexity index is 413. The van der Waals surface area contributed by atoms with Crippen molar-refractivity contribution in [3.8, 4) is 0 Å². The molecule has 1 aromatic rings. The SMILES string of the molecule is COCCOCCCNc1ccc(C(F)(F)F)cc1Br. The third kappa shape index (κ3) is 6.11. The van der Waals surface area contributed by atoms with Gasteiger partial charge < -0.3 is 14.8 Å². The molecule has 0 atom stereocenters. The molecule has 20 heavy (non-hydrogen) atoms. The van der Waals surface area contributed by atoms with E-state index in [0.29, 0.717) is 36.5 Å². The smallest absolute Gasteiger partial charge is 0.384 e. The molecule has 0 bridgehead atoms. The van der Waals surface area contributed by atoms with E-state index in [-0.39, 0.29) is 0 Å². The first-order chi connectivity index (χ1) is 9.45. The van der Waals surface area contributed by atoms with Crippen molar-refractivity contribution in [3.63, 3.8) is 0 Å². The van der Waals surface area contributed by atoms with Crippen molar-refractivity contribution in [1.82, 2.24) is 0 Å². The van der Waals surface area contributed by atoms with Gasteiger partial charge in [0, 0.05) is 30.4 Å². The first-order valence-electron chi connectivity index (χ1n) is 6.12. The van der Waals surface area contributed by atoms with E-state index < -0.39 is 11.7 Å². The maximum atomic E-state index is 12.5. The normalized spacial score (nSPS) is 11.7. The molecule has 1 rings (SSSR count).